The Kier molecular flexibility index (Phi) is 4.42. The van der Waals surface area contributed by atoms with E-state index in [0.29, 0.717) is 11.4 Å². The number of rotatable bonds is 3. The maximum atomic E-state index is 12.0. The van der Waals surface area contributed by atoms with E-state index in [2.05, 4.69) is 32.8 Å². The molecule has 22 heavy (non-hydrogen) atoms. The maximum absolute atomic E-state index is 12.0. The first-order valence-corrected chi connectivity index (χ1v) is 7.47. The van der Waals surface area contributed by atoms with Gasteiger partial charge >= 0.3 is 5.97 Å². The van der Waals surface area contributed by atoms with Gasteiger partial charge in [-0.3, -0.25) is 4.79 Å². The van der Waals surface area contributed by atoms with Crippen molar-refractivity contribution in [3.63, 3.8) is 0 Å². The quantitative estimate of drug-likeness (QED) is 0.639. The molecule has 0 fully saturated rings. The molecule has 0 saturated heterocycles. The zero-order valence-electron chi connectivity index (χ0n) is 12.6. The monoisotopic (exact) mass is 364 g/mol. The first-order chi connectivity index (χ1) is 10.2. The predicted octanol–water partition coefficient (Wildman–Crippen LogP) is 3.97. The largest absolute Gasteiger partial charge is 0.455 e. The number of anilines is 1. The van der Waals surface area contributed by atoms with Crippen molar-refractivity contribution in [2.45, 2.75) is 26.4 Å². The molecule has 0 aliphatic heterocycles. The van der Waals surface area contributed by atoms with Crippen LogP contribution in [0.2, 0.25) is 0 Å². The maximum Gasteiger partial charge on any atom is 0.355 e. The first-order valence-electron chi connectivity index (χ1n) is 6.67. The van der Waals surface area contributed by atoms with Gasteiger partial charge in [0.1, 0.15) is 11.3 Å². The summed E-state index contributed by atoms with van der Waals surface area (Å²) in [7, 11) is 0. The first kappa shape index (κ1) is 16.3. The molecule has 0 saturated carbocycles. The number of esters is 1. The van der Waals surface area contributed by atoms with Gasteiger partial charge in [0, 0.05) is 16.6 Å². The highest BCUT2D eigenvalue weighted by Gasteiger charge is 2.19. The Labute approximate surface area is 136 Å². The molecule has 1 aromatic carbocycles. The lowest BCUT2D eigenvalue weighted by Gasteiger charge is -2.18. The molecular formula is C16H17BrN2O3. The second-order valence-corrected chi connectivity index (χ2v) is 6.80. The van der Waals surface area contributed by atoms with Gasteiger partial charge in [-0.25, -0.2) is 4.79 Å². The second kappa shape index (κ2) is 5.96. The number of carbonyl (C=O) groups excluding carboxylic acids is 2. The molecule has 0 radical (unpaired) electrons. The van der Waals surface area contributed by atoms with Crippen LogP contribution >= 0.6 is 15.9 Å². The minimum atomic E-state index is -0.552. The van der Waals surface area contributed by atoms with Gasteiger partial charge in [-0.05, 0) is 61.0 Å². The van der Waals surface area contributed by atoms with Crippen LogP contribution in [0.15, 0.2) is 35.3 Å². The molecule has 5 nitrogen and oxygen atoms in total. The molecule has 0 atom stereocenters. The predicted molar refractivity (Wildman–Crippen MR) is 90.2 cm³/mol. The van der Waals surface area contributed by atoms with Crippen molar-refractivity contribution in [1.29, 1.82) is 0 Å². The number of fused-ring (bicyclic) bond motifs is 1. The van der Waals surface area contributed by atoms with Crippen LogP contribution in [0.1, 0.15) is 31.3 Å². The highest BCUT2D eigenvalue weighted by molar-refractivity contribution is 9.12. The minimum absolute atomic E-state index is 0.246. The number of hydrogen-bond donors (Lipinski definition) is 2. The molecule has 2 N–H and O–H groups in total. The molecule has 2 rings (SSSR count). The third-order valence-electron chi connectivity index (χ3n) is 2.74. The molecule has 1 aromatic heterocycles. The van der Waals surface area contributed by atoms with Gasteiger partial charge in [0.2, 0.25) is 0 Å². The zero-order chi connectivity index (χ0) is 16.5. The van der Waals surface area contributed by atoms with Gasteiger partial charge in [-0.15, -0.1) is 0 Å². The average molecular weight is 365 g/mol. The number of amides is 1. The Morgan fingerprint density at radius 2 is 1.95 bits per heavy atom. The van der Waals surface area contributed by atoms with E-state index in [1.165, 1.54) is 0 Å². The molecule has 0 bridgehead atoms. The Balaban J connectivity index is 2.26. The molecule has 116 valence electrons. The number of benzene rings is 1. The van der Waals surface area contributed by atoms with Crippen LogP contribution in [0.25, 0.3) is 10.9 Å². The number of aromatic nitrogens is 1. The van der Waals surface area contributed by atoms with E-state index in [4.69, 9.17) is 4.74 Å². The summed E-state index contributed by atoms with van der Waals surface area (Å²) in [4.78, 5) is 26.6. The zero-order valence-corrected chi connectivity index (χ0v) is 14.2. The molecule has 0 unspecified atom stereocenters. The number of aromatic amines is 1. The van der Waals surface area contributed by atoms with E-state index in [0.717, 1.165) is 10.9 Å². The normalized spacial score (nSPS) is 11.3. The Hall–Kier alpha value is -2.08. The molecular weight excluding hydrogens is 348 g/mol. The van der Waals surface area contributed by atoms with E-state index in [1.807, 2.05) is 20.8 Å². The standard InChI is InChI=1S/C16H17BrN2O3/c1-9(17)14(20)18-11-5-6-12-10(7-11)8-13(19-12)15(21)22-16(2,3)4/h5-8,19H,1H2,2-4H3,(H,18,20). The van der Waals surface area contributed by atoms with E-state index >= 15 is 0 Å². The highest BCUT2D eigenvalue weighted by Crippen LogP contribution is 2.22. The number of H-pyrrole nitrogens is 1. The lowest BCUT2D eigenvalue weighted by molar-refractivity contribution is -0.112. The van der Waals surface area contributed by atoms with Crippen LogP contribution < -0.4 is 5.32 Å². The molecule has 1 heterocycles. The van der Waals surface area contributed by atoms with Crippen molar-refractivity contribution in [2.75, 3.05) is 5.32 Å². The minimum Gasteiger partial charge on any atom is -0.455 e. The van der Waals surface area contributed by atoms with Crippen LogP contribution in [0, 0.1) is 0 Å². The SMILES string of the molecule is C=C(Br)C(=O)Nc1ccc2[nH]c(C(=O)OC(C)(C)C)cc2c1. The van der Waals surface area contributed by atoms with Gasteiger partial charge in [0.25, 0.3) is 5.91 Å². The number of ether oxygens (including phenoxy) is 1. The fraction of sp³-hybridized carbons (Fsp3) is 0.250. The van der Waals surface area contributed by atoms with Crippen molar-refractivity contribution in [3.05, 3.63) is 41.0 Å². The smallest absolute Gasteiger partial charge is 0.355 e. The van der Waals surface area contributed by atoms with E-state index in [9.17, 15) is 9.59 Å². The van der Waals surface area contributed by atoms with Gasteiger partial charge in [0.15, 0.2) is 0 Å². The van der Waals surface area contributed by atoms with Gasteiger partial charge in [0.05, 0.1) is 4.48 Å². The van der Waals surface area contributed by atoms with Crippen LogP contribution in [0.5, 0.6) is 0 Å². The summed E-state index contributed by atoms with van der Waals surface area (Å²) < 4.78 is 5.57. The van der Waals surface area contributed by atoms with Crippen molar-refractivity contribution in [3.8, 4) is 0 Å². The Bertz CT molecular complexity index is 756. The van der Waals surface area contributed by atoms with Crippen LogP contribution in [0.4, 0.5) is 5.69 Å². The third-order valence-corrected chi connectivity index (χ3v) is 3.10. The van der Waals surface area contributed by atoms with Crippen molar-refractivity contribution < 1.29 is 14.3 Å². The Morgan fingerprint density at radius 1 is 1.27 bits per heavy atom. The van der Waals surface area contributed by atoms with Crippen molar-refractivity contribution >= 4 is 44.4 Å². The summed E-state index contributed by atoms with van der Waals surface area (Å²) in [5, 5.41) is 3.50. The number of hydrogen-bond acceptors (Lipinski definition) is 3. The van der Waals surface area contributed by atoms with Crippen molar-refractivity contribution in [2.24, 2.45) is 0 Å². The number of halogens is 1. The van der Waals surface area contributed by atoms with Crippen molar-refractivity contribution in [1.82, 2.24) is 4.98 Å². The fourth-order valence-electron chi connectivity index (χ4n) is 1.85. The summed E-state index contributed by atoms with van der Waals surface area (Å²) in [6.45, 7) is 8.95. The Morgan fingerprint density at radius 3 is 2.55 bits per heavy atom. The summed E-state index contributed by atoms with van der Waals surface area (Å²) >= 11 is 3.02. The highest BCUT2D eigenvalue weighted by atomic mass is 79.9. The fourth-order valence-corrected chi connectivity index (χ4v) is 1.95. The summed E-state index contributed by atoms with van der Waals surface area (Å²) in [5.74, 6) is -0.731. The summed E-state index contributed by atoms with van der Waals surface area (Å²) in [6.07, 6.45) is 0. The molecule has 1 amide bonds. The van der Waals surface area contributed by atoms with Gasteiger partial charge < -0.3 is 15.0 Å². The van der Waals surface area contributed by atoms with Crippen LogP contribution in [0.3, 0.4) is 0 Å². The molecule has 0 aliphatic carbocycles. The molecule has 2 aromatic rings. The van der Waals surface area contributed by atoms with E-state index in [-0.39, 0.29) is 10.4 Å². The molecule has 6 heteroatoms. The van der Waals surface area contributed by atoms with Gasteiger partial charge in [-0.2, -0.15) is 0 Å². The number of nitrogens with one attached hydrogen (secondary N) is 2. The second-order valence-electron chi connectivity index (χ2n) is 5.85. The van der Waals surface area contributed by atoms with E-state index in [1.54, 1.807) is 24.3 Å². The topological polar surface area (TPSA) is 71.2 Å². The van der Waals surface area contributed by atoms with Gasteiger partial charge in [-0.1, -0.05) is 6.58 Å². The summed E-state index contributed by atoms with van der Waals surface area (Å²) in [5.41, 5.74) is 1.23. The van der Waals surface area contributed by atoms with E-state index < -0.39 is 11.6 Å². The molecule has 0 aliphatic rings. The van der Waals surface area contributed by atoms with Crippen LogP contribution in [-0.2, 0) is 9.53 Å². The van der Waals surface area contributed by atoms with Crippen LogP contribution in [-0.4, -0.2) is 22.5 Å². The lowest BCUT2D eigenvalue weighted by Crippen LogP contribution is -2.24. The average Bonchev–Trinajstić information content (AvgIpc) is 2.79. The molecule has 0 spiro atoms. The number of carbonyl (C=O) groups is 2. The summed E-state index contributed by atoms with van der Waals surface area (Å²) in [6, 6.07) is 7.00. The lowest BCUT2D eigenvalue weighted by atomic mass is 10.2. The third kappa shape index (κ3) is 3.98.